The van der Waals surface area contributed by atoms with Crippen molar-refractivity contribution in [1.82, 2.24) is 0 Å². The predicted molar refractivity (Wildman–Crippen MR) is 49.1 cm³/mol. The maximum atomic E-state index is 12.7. The molecule has 72 valence electrons. The van der Waals surface area contributed by atoms with Crippen LogP contribution < -0.4 is 0 Å². The zero-order valence-electron chi connectivity index (χ0n) is 6.92. The van der Waals surface area contributed by atoms with Crippen molar-refractivity contribution in [3.63, 3.8) is 0 Å². The molecule has 0 heterocycles. The highest BCUT2D eigenvalue weighted by atomic mass is 35.5. The summed E-state index contributed by atoms with van der Waals surface area (Å²) in [5.41, 5.74) is 0.422. The molecule has 0 radical (unpaired) electrons. The molecule has 1 rings (SSSR count). The van der Waals surface area contributed by atoms with Gasteiger partial charge in [-0.1, -0.05) is 6.07 Å². The Hall–Kier alpha value is -0.610. The molecule has 0 aliphatic heterocycles. The van der Waals surface area contributed by atoms with E-state index in [0.29, 0.717) is 5.56 Å². The van der Waals surface area contributed by atoms with Gasteiger partial charge in [-0.3, -0.25) is 0 Å². The van der Waals surface area contributed by atoms with Gasteiger partial charge in [0, 0.05) is 12.1 Å². The number of benzene rings is 1. The summed E-state index contributed by atoms with van der Waals surface area (Å²) in [4.78, 5) is -0.0394. The number of sulfone groups is 1. The number of rotatable bonds is 2. The van der Waals surface area contributed by atoms with Crippen LogP contribution in [0.4, 0.5) is 4.39 Å². The molecular formula is C8H8ClFO2S. The number of hydrogen-bond donors (Lipinski definition) is 0. The fourth-order valence-corrected chi connectivity index (χ4v) is 2.24. The third-order valence-electron chi connectivity index (χ3n) is 1.57. The standard InChI is InChI=1S/C8H8ClFO2S/c1-13(11,12)8-4-7(10)3-2-6(8)5-9/h2-4H,5H2,1H3. The molecule has 0 amide bonds. The molecular weight excluding hydrogens is 215 g/mol. The van der Waals surface area contributed by atoms with Crippen LogP contribution >= 0.6 is 11.6 Å². The van der Waals surface area contributed by atoms with Crippen LogP contribution in [0.25, 0.3) is 0 Å². The summed E-state index contributed by atoms with van der Waals surface area (Å²) >= 11 is 5.50. The van der Waals surface area contributed by atoms with Crippen molar-refractivity contribution in [2.45, 2.75) is 10.8 Å². The average molecular weight is 223 g/mol. The molecule has 0 saturated carbocycles. The van der Waals surface area contributed by atoms with Gasteiger partial charge in [0.25, 0.3) is 0 Å². The van der Waals surface area contributed by atoms with Gasteiger partial charge in [-0.15, -0.1) is 11.6 Å². The van der Waals surface area contributed by atoms with E-state index in [9.17, 15) is 12.8 Å². The first-order valence-electron chi connectivity index (χ1n) is 3.49. The summed E-state index contributed by atoms with van der Waals surface area (Å²) in [5, 5.41) is 0. The van der Waals surface area contributed by atoms with E-state index in [1.807, 2.05) is 0 Å². The van der Waals surface area contributed by atoms with E-state index >= 15 is 0 Å². The van der Waals surface area contributed by atoms with Crippen LogP contribution in [0.15, 0.2) is 23.1 Å². The quantitative estimate of drug-likeness (QED) is 0.717. The first-order valence-corrected chi connectivity index (χ1v) is 5.92. The Balaban J connectivity index is 3.41. The van der Waals surface area contributed by atoms with Crippen molar-refractivity contribution in [3.05, 3.63) is 29.6 Å². The highest BCUT2D eigenvalue weighted by Crippen LogP contribution is 2.18. The molecule has 0 fully saturated rings. The van der Waals surface area contributed by atoms with Gasteiger partial charge in [0.15, 0.2) is 9.84 Å². The van der Waals surface area contributed by atoms with Crippen molar-refractivity contribution < 1.29 is 12.8 Å². The molecule has 0 aromatic heterocycles. The molecule has 0 bridgehead atoms. The van der Waals surface area contributed by atoms with Crippen molar-refractivity contribution in [2.24, 2.45) is 0 Å². The molecule has 13 heavy (non-hydrogen) atoms. The lowest BCUT2D eigenvalue weighted by Gasteiger charge is -2.03. The second-order valence-electron chi connectivity index (χ2n) is 2.66. The smallest absolute Gasteiger partial charge is 0.175 e. The van der Waals surface area contributed by atoms with Crippen LogP contribution in [0.5, 0.6) is 0 Å². The summed E-state index contributed by atoms with van der Waals surface area (Å²) < 4.78 is 35.0. The fourth-order valence-electron chi connectivity index (χ4n) is 0.984. The van der Waals surface area contributed by atoms with Crippen molar-refractivity contribution in [3.8, 4) is 0 Å². The molecule has 0 unspecified atom stereocenters. The van der Waals surface area contributed by atoms with E-state index in [1.165, 1.54) is 12.1 Å². The van der Waals surface area contributed by atoms with E-state index in [-0.39, 0.29) is 10.8 Å². The van der Waals surface area contributed by atoms with E-state index in [0.717, 1.165) is 12.3 Å². The van der Waals surface area contributed by atoms with Gasteiger partial charge in [-0.05, 0) is 17.7 Å². The molecule has 0 aliphatic rings. The summed E-state index contributed by atoms with van der Waals surface area (Å²) in [6.45, 7) is 0. The molecule has 1 aromatic carbocycles. The van der Waals surface area contributed by atoms with Gasteiger partial charge in [-0.2, -0.15) is 0 Å². The Morgan fingerprint density at radius 3 is 2.54 bits per heavy atom. The normalized spacial score (nSPS) is 11.6. The SMILES string of the molecule is CS(=O)(=O)c1cc(F)ccc1CCl. The number of alkyl halides is 1. The Morgan fingerprint density at radius 1 is 1.46 bits per heavy atom. The van der Waals surface area contributed by atoms with Gasteiger partial charge < -0.3 is 0 Å². The summed E-state index contributed by atoms with van der Waals surface area (Å²) in [7, 11) is -3.39. The zero-order chi connectivity index (χ0) is 10.1. The molecule has 0 saturated heterocycles. The van der Waals surface area contributed by atoms with Crippen molar-refractivity contribution in [1.29, 1.82) is 0 Å². The molecule has 1 aromatic rings. The van der Waals surface area contributed by atoms with E-state index in [4.69, 9.17) is 11.6 Å². The van der Waals surface area contributed by atoms with Crippen LogP contribution in [0.1, 0.15) is 5.56 Å². The topological polar surface area (TPSA) is 34.1 Å². The van der Waals surface area contributed by atoms with Gasteiger partial charge in [0.2, 0.25) is 0 Å². The Kier molecular flexibility index (Phi) is 2.93. The molecule has 0 atom stereocenters. The molecule has 5 heteroatoms. The molecule has 2 nitrogen and oxygen atoms in total. The summed E-state index contributed by atoms with van der Waals surface area (Å²) in [5.74, 6) is -0.517. The maximum Gasteiger partial charge on any atom is 0.175 e. The largest absolute Gasteiger partial charge is 0.224 e. The lowest BCUT2D eigenvalue weighted by molar-refractivity contribution is 0.594. The Labute approximate surface area is 81.3 Å². The second kappa shape index (κ2) is 3.64. The minimum atomic E-state index is -3.39. The van der Waals surface area contributed by atoms with E-state index in [2.05, 4.69) is 0 Å². The van der Waals surface area contributed by atoms with Crippen molar-refractivity contribution in [2.75, 3.05) is 6.26 Å². The summed E-state index contributed by atoms with van der Waals surface area (Å²) in [6.07, 6.45) is 1.03. The first kappa shape index (κ1) is 10.5. The van der Waals surface area contributed by atoms with Crippen molar-refractivity contribution >= 4 is 21.4 Å². The minimum absolute atomic E-state index is 0.0394. The Morgan fingerprint density at radius 2 is 2.08 bits per heavy atom. The third kappa shape index (κ3) is 2.42. The minimum Gasteiger partial charge on any atom is -0.224 e. The van der Waals surface area contributed by atoms with E-state index in [1.54, 1.807) is 0 Å². The van der Waals surface area contributed by atoms with Crippen LogP contribution in [-0.2, 0) is 15.7 Å². The maximum absolute atomic E-state index is 12.7. The molecule has 0 spiro atoms. The first-order chi connectivity index (χ1) is 5.95. The monoisotopic (exact) mass is 222 g/mol. The van der Waals surface area contributed by atoms with Gasteiger partial charge in [0.1, 0.15) is 5.82 Å². The predicted octanol–water partition coefficient (Wildman–Crippen LogP) is 1.97. The van der Waals surface area contributed by atoms with Gasteiger partial charge in [-0.25, -0.2) is 12.8 Å². The second-order valence-corrected chi connectivity index (χ2v) is 4.91. The number of hydrogen-bond acceptors (Lipinski definition) is 2. The summed E-state index contributed by atoms with van der Waals surface area (Å²) in [6, 6.07) is 3.54. The highest BCUT2D eigenvalue weighted by Gasteiger charge is 2.13. The highest BCUT2D eigenvalue weighted by molar-refractivity contribution is 7.90. The number of halogens is 2. The average Bonchev–Trinajstić information content (AvgIpc) is 2.03. The van der Waals surface area contributed by atoms with Crippen LogP contribution in [0, 0.1) is 5.82 Å². The zero-order valence-corrected chi connectivity index (χ0v) is 8.49. The van der Waals surface area contributed by atoms with Gasteiger partial charge >= 0.3 is 0 Å². The fraction of sp³-hybridized carbons (Fsp3) is 0.250. The van der Waals surface area contributed by atoms with Crippen LogP contribution in [0.3, 0.4) is 0 Å². The molecule has 0 N–H and O–H groups in total. The van der Waals surface area contributed by atoms with Gasteiger partial charge in [0.05, 0.1) is 4.90 Å². The lowest BCUT2D eigenvalue weighted by atomic mass is 10.2. The third-order valence-corrected chi connectivity index (χ3v) is 3.04. The lowest BCUT2D eigenvalue weighted by Crippen LogP contribution is -2.01. The molecule has 0 aliphatic carbocycles. The van der Waals surface area contributed by atoms with Crippen LogP contribution in [0.2, 0.25) is 0 Å². The van der Waals surface area contributed by atoms with Crippen LogP contribution in [-0.4, -0.2) is 14.7 Å². The van der Waals surface area contributed by atoms with E-state index < -0.39 is 15.7 Å². The Bertz CT molecular complexity index is 414.